The first-order valence-corrected chi connectivity index (χ1v) is 6.84. The molecule has 0 spiro atoms. The summed E-state index contributed by atoms with van der Waals surface area (Å²) in [6.07, 6.45) is 4.89. The molecule has 3 heteroatoms. The van der Waals surface area contributed by atoms with Gasteiger partial charge in [-0.2, -0.15) is 0 Å². The molecule has 1 heterocycles. The summed E-state index contributed by atoms with van der Waals surface area (Å²) in [6, 6.07) is 6.37. The molecular weight excluding hydrogens is 224 g/mol. The van der Waals surface area contributed by atoms with E-state index in [1.807, 2.05) is 18.3 Å². The van der Waals surface area contributed by atoms with Crippen molar-refractivity contribution in [2.45, 2.75) is 46.1 Å². The zero-order valence-corrected chi connectivity index (χ0v) is 11.8. The van der Waals surface area contributed by atoms with Gasteiger partial charge in [0.15, 0.2) is 0 Å². The number of nitrogens with zero attached hydrogens (tertiary/aromatic N) is 1. The van der Waals surface area contributed by atoms with Crippen LogP contribution >= 0.6 is 0 Å². The third kappa shape index (κ3) is 5.15. The van der Waals surface area contributed by atoms with Crippen LogP contribution in [0, 0.1) is 5.41 Å². The number of rotatable bonds is 8. The largest absolute Gasteiger partial charge is 0.396 e. The summed E-state index contributed by atoms with van der Waals surface area (Å²) in [5.41, 5.74) is 1.23. The Balaban J connectivity index is 2.59. The minimum absolute atomic E-state index is 0.121. The lowest BCUT2D eigenvalue weighted by Gasteiger charge is -2.27. The molecule has 2 N–H and O–H groups in total. The van der Waals surface area contributed by atoms with Gasteiger partial charge in [0, 0.05) is 25.4 Å². The number of pyridine rings is 1. The summed E-state index contributed by atoms with van der Waals surface area (Å²) in [5.74, 6) is 0. The van der Waals surface area contributed by atoms with Crippen molar-refractivity contribution in [3.8, 4) is 0 Å². The van der Waals surface area contributed by atoms with Crippen LogP contribution in [-0.2, 0) is 0 Å². The predicted octanol–water partition coefficient (Wildman–Crippen LogP) is 2.92. The molecule has 0 aliphatic rings. The van der Waals surface area contributed by atoms with Crippen molar-refractivity contribution in [2.75, 3.05) is 13.2 Å². The minimum Gasteiger partial charge on any atom is -0.396 e. The van der Waals surface area contributed by atoms with Crippen LogP contribution in [0.5, 0.6) is 0 Å². The van der Waals surface area contributed by atoms with E-state index < -0.39 is 0 Å². The van der Waals surface area contributed by atoms with Gasteiger partial charge in [-0.25, -0.2) is 0 Å². The van der Waals surface area contributed by atoms with E-state index in [1.165, 1.54) is 0 Å². The molecule has 1 aromatic heterocycles. The van der Waals surface area contributed by atoms with E-state index in [4.69, 9.17) is 5.11 Å². The van der Waals surface area contributed by atoms with E-state index in [1.54, 1.807) is 0 Å². The molecule has 1 unspecified atom stereocenters. The summed E-state index contributed by atoms with van der Waals surface area (Å²) < 4.78 is 0. The van der Waals surface area contributed by atoms with E-state index in [2.05, 4.69) is 37.1 Å². The summed E-state index contributed by atoms with van der Waals surface area (Å²) in [4.78, 5) is 4.43. The van der Waals surface area contributed by atoms with Gasteiger partial charge in [-0.05, 0) is 30.4 Å². The standard InChI is InChI=1S/C15H26N2O/c1-4-7-13(14-8-5-6-10-16-14)17-12-15(2,3)9-11-18/h5-6,8,10,13,17-18H,4,7,9,11-12H2,1-3H3. The third-order valence-electron chi connectivity index (χ3n) is 3.24. The molecule has 1 atom stereocenters. The monoisotopic (exact) mass is 250 g/mol. The quantitative estimate of drug-likeness (QED) is 0.745. The first-order valence-electron chi connectivity index (χ1n) is 6.84. The molecule has 0 bridgehead atoms. The second-order valence-corrected chi connectivity index (χ2v) is 5.61. The Hall–Kier alpha value is -0.930. The molecule has 0 radical (unpaired) electrons. The molecule has 0 amide bonds. The van der Waals surface area contributed by atoms with Crippen LogP contribution in [0.25, 0.3) is 0 Å². The average molecular weight is 250 g/mol. The molecule has 102 valence electrons. The number of aliphatic hydroxyl groups is 1. The molecule has 18 heavy (non-hydrogen) atoms. The highest BCUT2D eigenvalue weighted by atomic mass is 16.3. The molecule has 0 saturated carbocycles. The Kier molecular flexibility index (Phi) is 6.30. The summed E-state index contributed by atoms with van der Waals surface area (Å²) in [6.45, 7) is 7.69. The second kappa shape index (κ2) is 7.49. The summed E-state index contributed by atoms with van der Waals surface area (Å²) in [7, 11) is 0. The fraction of sp³-hybridized carbons (Fsp3) is 0.667. The van der Waals surface area contributed by atoms with E-state index in [0.29, 0.717) is 6.04 Å². The second-order valence-electron chi connectivity index (χ2n) is 5.61. The lowest BCUT2D eigenvalue weighted by molar-refractivity contribution is 0.201. The molecule has 0 aromatic carbocycles. The normalized spacial score (nSPS) is 13.6. The molecular formula is C15H26N2O. The van der Waals surface area contributed by atoms with Crippen molar-refractivity contribution < 1.29 is 5.11 Å². The van der Waals surface area contributed by atoms with Gasteiger partial charge in [-0.3, -0.25) is 4.98 Å². The van der Waals surface area contributed by atoms with Crippen molar-refractivity contribution in [1.82, 2.24) is 10.3 Å². The number of aromatic nitrogens is 1. The molecule has 3 nitrogen and oxygen atoms in total. The number of nitrogens with one attached hydrogen (secondary N) is 1. The Labute approximate surface area is 111 Å². The van der Waals surface area contributed by atoms with Gasteiger partial charge < -0.3 is 10.4 Å². The zero-order valence-electron chi connectivity index (χ0n) is 11.8. The van der Waals surface area contributed by atoms with Gasteiger partial charge in [0.25, 0.3) is 0 Å². The first-order chi connectivity index (χ1) is 8.59. The van der Waals surface area contributed by atoms with Gasteiger partial charge in [0.05, 0.1) is 5.69 Å². The highest BCUT2D eigenvalue weighted by Gasteiger charge is 2.20. The molecule has 0 aliphatic heterocycles. The fourth-order valence-corrected chi connectivity index (χ4v) is 2.02. The number of hydrogen-bond acceptors (Lipinski definition) is 3. The zero-order chi connectivity index (χ0) is 13.4. The maximum atomic E-state index is 9.05. The third-order valence-corrected chi connectivity index (χ3v) is 3.24. The van der Waals surface area contributed by atoms with Crippen LogP contribution in [0.1, 0.15) is 51.8 Å². The van der Waals surface area contributed by atoms with Crippen molar-refractivity contribution >= 4 is 0 Å². The van der Waals surface area contributed by atoms with E-state index in [0.717, 1.165) is 31.5 Å². The molecule has 0 saturated heterocycles. The van der Waals surface area contributed by atoms with Crippen LogP contribution in [-0.4, -0.2) is 23.2 Å². The Bertz CT molecular complexity index is 325. The van der Waals surface area contributed by atoms with Gasteiger partial charge in [-0.1, -0.05) is 33.3 Å². The Morgan fingerprint density at radius 1 is 1.39 bits per heavy atom. The van der Waals surface area contributed by atoms with Crippen molar-refractivity contribution in [3.63, 3.8) is 0 Å². The highest BCUT2D eigenvalue weighted by molar-refractivity contribution is 5.08. The SMILES string of the molecule is CCCC(NCC(C)(C)CCO)c1ccccn1. The van der Waals surface area contributed by atoms with Crippen molar-refractivity contribution in [3.05, 3.63) is 30.1 Å². The van der Waals surface area contributed by atoms with Crippen molar-refractivity contribution in [2.24, 2.45) is 5.41 Å². The predicted molar refractivity (Wildman–Crippen MR) is 75.4 cm³/mol. The van der Waals surface area contributed by atoms with Gasteiger partial charge >= 0.3 is 0 Å². The first kappa shape index (κ1) is 15.1. The van der Waals surface area contributed by atoms with E-state index >= 15 is 0 Å². The molecule has 1 rings (SSSR count). The maximum Gasteiger partial charge on any atom is 0.0573 e. The Morgan fingerprint density at radius 3 is 2.72 bits per heavy atom. The average Bonchev–Trinajstić information content (AvgIpc) is 2.35. The van der Waals surface area contributed by atoms with Crippen LogP contribution in [0.3, 0.4) is 0 Å². The number of aliphatic hydroxyl groups excluding tert-OH is 1. The van der Waals surface area contributed by atoms with Gasteiger partial charge in [0.2, 0.25) is 0 Å². The lowest BCUT2D eigenvalue weighted by Crippen LogP contribution is -2.33. The van der Waals surface area contributed by atoms with E-state index in [9.17, 15) is 0 Å². The molecule has 0 aliphatic carbocycles. The topological polar surface area (TPSA) is 45.1 Å². The van der Waals surface area contributed by atoms with Crippen LogP contribution in [0.2, 0.25) is 0 Å². The van der Waals surface area contributed by atoms with E-state index in [-0.39, 0.29) is 12.0 Å². The summed E-state index contributed by atoms with van der Waals surface area (Å²) in [5, 5.41) is 12.6. The molecule has 0 fully saturated rings. The van der Waals surface area contributed by atoms with Gasteiger partial charge in [-0.15, -0.1) is 0 Å². The highest BCUT2D eigenvalue weighted by Crippen LogP contribution is 2.22. The minimum atomic E-state index is 0.121. The van der Waals surface area contributed by atoms with Crippen LogP contribution in [0.15, 0.2) is 24.4 Å². The van der Waals surface area contributed by atoms with Crippen molar-refractivity contribution in [1.29, 1.82) is 0 Å². The fourth-order valence-electron chi connectivity index (χ4n) is 2.02. The maximum absolute atomic E-state index is 9.05. The number of hydrogen-bond donors (Lipinski definition) is 2. The van der Waals surface area contributed by atoms with Crippen LogP contribution in [0.4, 0.5) is 0 Å². The lowest BCUT2D eigenvalue weighted by atomic mass is 9.89. The van der Waals surface area contributed by atoms with Gasteiger partial charge in [0.1, 0.15) is 0 Å². The van der Waals surface area contributed by atoms with Crippen LogP contribution < -0.4 is 5.32 Å². The summed E-state index contributed by atoms with van der Waals surface area (Å²) >= 11 is 0. The molecule has 1 aromatic rings. The Morgan fingerprint density at radius 2 is 2.17 bits per heavy atom. The smallest absolute Gasteiger partial charge is 0.0573 e.